The molecule has 1 aromatic carbocycles. The van der Waals surface area contributed by atoms with Gasteiger partial charge in [0.05, 0.1) is 23.0 Å². The molecule has 0 fully saturated rings. The second kappa shape index (κ2) is 6.12. The molecule has 1 atom stereocenters. The second-order valence-corrected chi connectivity index (χ2v) is 4.55. The van der Waals surface area contributed by atoms with Gasteiger partial charge in [0.2, 0.25) is 0 Å². The third-order valence-electron chi connectivity index (χ3n) is 2.59. The van der Waals surface area contributed by atoms with Gasteiger partial charge in [-0.05, 0) is 52.2 Å². The zero-order chi connectivity index (χ0) is 12.8. The monoisotopic (exact) mass is 232 g/mol. The Kier molecular flexibility index (Phi) is 4.80. The number of benzene rings is 1. The van der Waals surface area contributed by atoms with Crippen molar-refractivity contribution in [2.45, 2.75) is 19.4 Å². The lowest BCUT2D eigenvalue weighted by molar-refractivity contribution is 0.390. The van der Waals surface area contributed by atoms with Crippen LogP contribution in [0.25, 0.3) is 0 Å². The molecule has 0 aliphatic heterocycles. The maximum atomic E-state index is 8.84. The molecule has 92 valence electrons. The maximum absolute atomic E-state index is 8.84. The van der Waals surface area contributed by atoms with E-state index in [1.807, 2.05) is 0 Å². The highest BCUT2D eigenvalue weighted by Crippen LogP contribution is 2.21. The zero-order valence-corrected chi connectivity index (χ0v) is 10.7. The molecule has 0 radical (unpaired) electrons. The fourth-order valence-corrected chi connectivity index (χ4v) is 1.54. The molecule has 1 rings (SSSR count). The van der Waals surface area contributed by atoms with E-state index in [1.165, 1.54) is 0 Å². The Labute approximate surface area is 103 Å². The van der Waals surface area contributed by atoms with Crippen molar-refractivity contribution in [3.8, 4) is 6.07 Å². The summed E-state index contributed by atoms with van der Waals surface area (Å²) in [6, 6.07) is 7.73. The number of nitriles is 1. The summed E-state index contributed by atoms with van der Waals surface area (Å²) in [6.07, 6.45) is 1.03. The quantitative estimate of drug-likeness (QED) is 0.761. The molecule has 0 spiro atoms. The molecule has 0 saturated heterocycles. The first-order valence-electron chi connectivity index (χ1n) is 5.74. The van der Waals surface area contributed by atoms with E-state index in [-0.39, 0.29) is 0 Å². The van der Waals surface area contributed by atoms with E-state index in [4.69, 9.17) is 11.0 Å². The molecule has 0 aliphatic carbocycles. The summed E-state index contributed by atoms with van der Waals surface area (Å²) < 4.78 is 0. The van der Waals surface area contributed by atoms with Crippen LogP contribution >= 0.6 is 0 Å². The number of anilines is 2. The molecule has 0 bridgehead atoms. The van der Waals surface area contributed by atoms with Crippen LogP contribution in [0, 0.1) is 11.3 Å². The van der Waals surface area contributed by atoms with E-state index in [0.29, 0.717) is 17.3 Å². The highest BCUT2D eigenvalue weighted by molar-refractivity contribution is 5.68. The molecule has 0 aromatic heterocycles. The average molecular weight is 232 g/mol. The smallest absolute Gasteiger partial charge is 0.0992 e. The number of nitrogens with zero attached hydrogens (tertiary/aromatic N) is 2. The average Bonchev–Trinajstić information content (AvgIpc) is 2.29. The van der Waals surface area contributed by atoms with Crippen molar-refractivity contribution in [1.29, 1.82) is 5.26 Å². The predicted molar refractivity (Wildman–Crippen MR) is 71.8 cm³/mol. The summed E-state index contributed by atoms with van der Waals surface area (Å²) in [5, 5.41) is 12.2. The van der Waals surface area contributed by atoms with Crippen LogP contribution in [0.15, 0.2) is 18.2 Å². The molecule has 1 unspecified atom stereocenters. The van der Waals surface area contributed by atoms with Crippen LogP contribution in [0.2, 0.25) is 0 Å². The highest BCUT2D eigenvalue weighted by Gasteiger charge is 2.06. The fraction of sp³-hybridized carbons (Fsp3) is 0.462. The van der Waals surface area contributed by atoms with Crippen molar-refractivity contribution in [3.05, 3.63) is 23.8 Å². The molecule has 3 N–H and O–H groups in total. The third-order valence-corrected chi connectivity index (χ3v) is 2.59. The van der Waals surface area contributed by atoms with E-state index in [9.17, 15) is 0 Å². The van der Waals surface area contributed by atoms with Gasteiger partial charge >= 0.3 is 0 Å². The normalized spacial score (nSPS) is 12.2. The Morgan fingerprint density at radius 1 is 1.47 bits per heavy atom. The lowest BCUT2D eigenvalue weighted by Crippen LogP contribution is -2.23. The molecule has 1 aromatic rings. The van der Waals surface area contributed by atoms with Gasteiger partial charge in [0.25, 0.3) is 0 Å². The summed E-state index contributed by atoms with van der Waals surface area (Å²) in [7, 11) is 4.11. The van der Waals surface area contributed by atoms with Crippen molar-refractivity contribution in [3.63, 3.8) is 0 Å². The van der Waals surface area contributed by atoms with Gasteiger partial charge in [0.15, 0.2) is 0 Å². The van der Waals surface area contributed by atoms with Crippen LogP contribution in [0.1, 0.15) is 18.9 Å². The van der Waals surface area contributed by atoms with Crippen LogP contribution in [0.5, 0.6) is 0 Å². The molecular weight excluding hydrogens is 212 g/mol. The summed E-state index contributed by atoms with van der Waals surface area (Å²) >= 11 is 0. The lowest BCUT2D eigenvalue weighted by atomic mass is 10.1. The van der Waals surface area contributed by atoms with Crippen molar-refractivity contribution in [2.75, 3.05) is 31.7 Å². The van der Waals surface area contributed by atoms with E-state index in [1.54, 1.807) is 18.2 Å². The largest absolute Gasteiger partial charge is 0.397 e. The van der Waals surface area contributed by atoms with Gasteiger partial charge in [0.1, 0.15) is 0 Å². The second-order valence-electron chi connectivity index (χ2n) is 4.55. The van der Waals surface area contributed by atoms with Gasteiger partial charge in [-0.1, -0.05) is 0 Å². The number of nitrogens with two attached hydrogens (primary N) is 1. The molecule has 4 heteroatoms. The first-order valence-corrected chi connectivity index (χ1v) is 5.74. The fourth-order valence-electron chi connectivity index (χ4n) is 1.54. The minimum absolute atomic E-state index is 0.327. The standard InChI is InChI=1S/C13H20N4/c1-10(6-7-17(2)3)16-13-8-11(9-14)4-5-12(13)15/h4-5,8,10,16H,6-7,15H2,1-3H3. The number of hydrogen-bond donors (Lipinski definition) is 2. The molecular formula is C13H20N4. The predicted octanol–water partition coefficient (Wildman–Crippen LogP) is 1.89. The van der Waals surface area contributed by atoms with E-state index in [0.717, 1.165) is 18.7 Å². The van der Waals surface area contributed by atoms with Crippen LogP contribution in [-0.2, 0) is 0 Å². The number of hydrogen-bond acceptors (Lipinski definition) is 4. The first-order chi connectivity index (χ1) is 8.02. The minimum atomic E-state index is 0.327. The van der Waals surface area contributed by atoms with Gasteiger partial charge in [-0.3, -0.25) is 0 Å². The van der Waals surface area contributed by atoms with Gasteiger partial charge in [-0.2, -0.15) is 5.26 Å². The Hall–Kier alpha value is -1.73. The van der Waals surface area contributed by atoms with E-state index in [2.05, 4.69) is 37.3 Å². The Bertz CT molecular complexity index is 406. The Balaban J connectivity index is 2.64. The molecule has 0 saturated carbocycles. The van der Waals surface area contributed by atoms with E-state index < -0.39 is 0 Å². The topological polar surface area (TPSA) is 65.1 Å². The Morgan fingerprint density at radius 2 is 2.18 bits per heavy atom. The van der Waals surface area contributed by atoms with Gasteiger partial charge in [-0.25, -0.2) is 0 Å². The van der Waals surface area contributed by atoms with Crippen molar-refractivity contribution in [2.24, 2.45) is 0 Å². The van der Waals surface area contributed by atoms with Crippen LogP contribution in [-0.4, -0.2) is 31.6 Å². The van der Waals surface area contributed by atoms with E-state index >= 15 is 0 Å². The number of rotatable bonds is 5. The maximum Gasteiger partial charge on any atom is 0.0992 e. The minimum Gasteiger partial charge on any atom is -0.397 e. The van der Waals surface area contributed by atoms with Crippen molar-refractivity contribution in [1.82, 2.24) is 4.90 Å². The summed E-state index contributed by atoms with van der Waals surface area (Å²) in [6.45, 7) is 3.13. The zero-order valence-electron chi connectivity index (χ0n) is 10.7. The number of nitrogens with one attached hydrogen (secondary N) is 1. The van der Waals surface area contributed by atoms with Crippen LogP contribution in [0.4, 0.5) is 11.4 Å². The highest BCUT2D eigenvalue weighted by atomic mass is 15.1. The molecule has 0 heterocycles. The van der Waals surface area contributed by atoms with Gasteiger partial charge in [-0.15, -0.1) is 0 Å². The lowest BCUT2D eigenvalue weighted by Gasteiger charge is -2.19. The SMILES string of the molecule is CC(CCN(C)C)Nc1cc(C#N)ccc1N. The molecule has 0 amide bonds. The summed E-state index contributed by atoms with van der Waals surface area (Å²) in [5.74, 6) is 0. The van der Waals surface area contributed by atoms with Gasteiger partial charge < -0.3 is 16.0 Å². The molecule has 17 heavy (non-hydrogen) atoms. The van der Waals surface area contributed by atoms with Crippen LogP contribution < -0.4 is 11.1 Å². The Morgan fingerprint density at radius 3 is 2.76 bits per heavy atom. The molecule has 0 aliphatic rings. The van der Waals surface area contributed by atoms with Gasteiger partial charge in [0, 0.05) is 6.04 Å². The van der Waals surface area contributed by atoms with Crippen molar-refractivity contribution < 1.29 is 0 Å². The first kappa shape index (κ1) is 13.3. The third kappa shape index (κ3) is 4.33. The number of nitrogen functional groups attached to an aromatic ring is 1. The summed E-state index contributed by atoms with van der Waals surface area (Å²) in [5.41, 5.74) is 8.02. The molecule has 4 nitrogen and oxygen atoms in total. The van der Waals surface area contributed by atoms with Crippen LogP contribution in [0.3, 0.4) is 0 Å². The summed E-state index contributed by atoms with van der Waals surface area (Å²) in [4.78, 5) is 2.15. The van der Waals surface area contributed by atoms with Crippen molar-refractivity contribution >= 4 is 11.4 Å².